The van der Waals surface area contributed by atoms with E-state index >= 15 is 0 Å². The van der Waals surface area contributed by atoms with E-state index < -0.39 is 0 Å². The molecule has 3 aromatic rings. The standard InChI is InChI=1S/C22H24N4O/c27-22(14-19-6-3-5-18-4-1-2-7-20(18)19)25-15-17-8-12-26(13-9-17)21-16-23-10-11-24-21/h1-7,10-11,16-17H,8-9,12-15H2,(H,25,27). The number of aromatic nitrogens is 2. The van der Waals surface area contributed by atoms with E-state index in [2.05, 4.69) is 38.4 Å². The Hall–Kier alpha value is -2.95. The number of anilines is 1. The van der Waals surface area contributed by atoms with Gasteiger partial charge in [0, 0.05) is 32.0 Å². The van der Waals surface area contributed by atoms with Crippen LogP contribution in [0.25, 0.3) is 10.8 Å². The first-order valence-electron chi connectivity index (χ1n) is 9.54. The summed E-state index contributed by atoms with van der Waals surface area (Å²) in [5, 5.41) is 5.47. The zero-order chi connectivity index (χ0) is 18.5. The van der Waals surface area contributed by atoms with Crippen molar-refractivity contribution in [2.45, 2.75) is 19.3 Å². The summed E-state index contributed by atoms with van der Waals surface area (Å²) >= 11 is 0. The van der Waals surface area contributed by atoms with E-state index in [0.29, 0.717) is 12.3 Å². The van der Waals surface area contributed by atoms with Crippen LogP contribution in [0.2, 0.25) is 0 Å². The molecule has 0 saturated carbocycles. The van der Waals surface area contributed by atoms with Gasteiger partial charge in [-0.3, -0.25) is 9.78 Å². The number of nitrogens with one attached hydrogen (secondary N) is 1. The van der Waals surface area contributed by atoms with E-state index in [1.165, 1.54) is 5.39 Å². The van der Waals surface area contributed by atoms with Gasteiger partial charge < -0.3 is 10.2 Å². The van der Waals surface area contributed by atoms with Gasteiger partial charge in [0.15, 0.2) is 0 Å². The molecule has 0 aliphatic carbocycles. The molecule has 1 aliphatic heterocycles. The SMILES string of the molecule is O=C(Cc1cccc2ccccc12)NCC1CCN(c2cnccn2)CC1. The van der Waals surface area contributed by atoms with Crippen molar-refractivity contribution in [2.24, 2.45) is 5.92 Å². The van der Waals surface area contributed by atoms with E-state index in [-0.39, 0.29) is 5.91 Å². The minimum atomic E-state index is 0.0997. The van der Waals surface area contributed by atoms with Crippen LogP contribution < -0.4 is 10.2 Å². The Morgan fingerprint density at radius 1 is 1.07 bits per heavy atom. The summed E-state index contributed by atoms with van der Waals surface area (Å²) < 4.78 is 0. The Bertz CT molecular complexity index is 899. The van der Waals surface area contributed by atoms with Gasteiger partial charge >= 0.3 is 0 Å². The summed E-state index contributed by atoms with van der Waals surface area (Å²) in [5.41, 5.74) is 1.09. The molecule has 5 nitrogen and oxygen atoms in total. The number of nitrogens with zero attached hydrogens (tertiary/aromatic N) is 3. The summed E-state index contributed by atoms with van der Waals surface area (Å²) in [5.74, 6) is 1.56. The van der Waals surface area contributed by atoms with Crippen molar-refractivity contribution in [1.29, 1.82) is 0 Å². The second-order valence-electron chi connectivity index (χ2n) is 7.11. The maximum atomic E-state index is 12.4. The number of hydrogen-bond acceptors (Lipinski definition) is 4. The number of carbonyl (C=O) groups is 1. The predicted molar refractivity (Wildman–Crippen MR) is 108 cm³/mol. The van der Waals surface area contributed by atoms with Crippen LogP contribution in [-0.4, -0.2) is 35.5 Å². The molecule has 1 saturated heterocycles. The lowest BCUT2D eigenvalue weighted by atomic mass is 9.96. The highest BCUT2D eigenvalue weighted by atomic mass is 16.1. The normalized spacial score (nSPS) is 15.0. The molecule has 0 spiro atoms. The van der Waals surface area contributed by atoms with Gasteiger partial charge in [-0.25, -0.2) is 4.98 Å². The lowest BCUT2D eigenvalue weighted by Gasteiger charge is -2.32. The van der Waals surface area contributed by atoms with Crippen molar-refractivity contribution >= 4 is 22.5 Å². The van der Waals surface area contributed by atoms with Crippen LogP contribution in [0.3, 0.4) is 0 Å². The van der Waals surface area contributed by atoms with Crippen LogP contribution in [-0.2, 0) is 11.2 Å². The molecule has 138 valence electrons. The van der Waals surface area contributed by atoms with E-state index in [1.54, 1.807) is 12.4 Å². The van der Waals surface area contributed by atoms with E-state index in [9.17, 15) is 4.79 Å². The molecule has 5 heteroatoms. The molecular weight excluding hydrogens is 336 g/mol. The second kappa shape index (κ2) is 8.16. The maximum absolute atomic E-state index is 12.4. The first-order valence-corrected chi connectivity index (χ1v) is 9.54. The van der Waals surface area contributed by atoms with Crippen LogP contribution in [0.4, 0.5) is 5.82 Å². The van der Waals surface area contributed by atoms with Crippen molar-refractivity contribution in [3.05, 3.63) is 66.6 Å². The molecule has 1 N–H and O–H groups in total. The molecule has 1 amide bonds. The Labute approximate surface area is 159 Å². The molecule has 2 heterocycles. The van der Waals surface area contributed by atoms with Crippen molar-refractivity contribution in [2.75, 3.05) is 24.5 Å². The Morgan fingerprint density at radius 3 is 2.70 bits per heavy atom. The van der Waals surface area contributed by atoms with Crippen LogP contribution in [0.5, 0.6) is 0 Å². The molecule has 1 aromatic heterocycles. The van der Waals surface area contributed by atoms with E-state index in [0.717, 1.165) is 49.2 Å². The minimum Gasteiger partial charge on any atom is -0.356 e. The smallest absolute Gasteiger partial charge is 0.224 e. The highest BCUT2D eigenvalue weighted by Crippen LogP contribution is 2.21. The summed E-state index contributed by atoms with van der Waals surface area (Å²) in [7, 11) is 0. The molecule has 1 aliphatic rings. The number of amides is 1. The van der Waals surface area contributed by atoms with Gasteiger partial charge in [0.2, 0.25) is 5.91 Å². The second-order valence-corrected chi connectivity index (χ2v) is 7.11. The number of piperidine rings is 1. The van der Waals surface area contributed by atoms with Gasteiger partial charge in [-0.15, -0.1) is 0 Å². The monoisotopic (exact) mass is 360 g/mol. The van der Waals surface area contributed by atoms with Crippen molar-refractivity contribution in [3.63, 3.8) is 0 Å². The van der Waals surface area contributed by atoms with Crippen molar-refractivity contribution < 1.29 is 4.79 Å². The summed E-state index contributed by atoms with van der Waals surface area (Å²) in [6.07, 6.45) is 7.79. The highest BCUT2D eigenvalue weighted by Gasteiger charge is 2.20. The van der Waals surface area contributed by atoms with Crippen LogP contribution in [0.1, 0.15) is 18.4 Å². The topological polar surface area (TPSA) is 58.1 Å². The van der Waals surface area contributed by atoms with Gasteiger partial charge in [0.1, 0.15) is 5.82 Å². The Kier molecular flexibility index (Phi) is 5.28. The third kappa shape index (κ3) is 4.25. The predicted octanol–water partition coefficient (Wildman–Crippen LogP) is 3.21. The molecule has 1 fully saturated rings. The van der Waals surface area contributed by atoms with Crippen LogP contribution in [0.15, 0.2) is 61.1 Å². The first-order chi connectivity index (χ1) is 13.3. The average molecular weight is 360 g/mol. The van der Waals surface area contributed by atoms with Crippen molar-refractivity contribution in [3.8, 4) is 0 Å². The van der Waals surface area contributed by atoms with Gasteiger partial charge in [0.25, 0.3) is 0 Å². The zero-order valence-electron chi connectivity index (χ0n) is 15.3. The fraction of sp³-hybridized carbons (Fsp3) is 0.318. The molecule has 0 unspecified atom stereocenters. The molecule has 27 heavy (non-hydrogen) atoms. The summed E-state index contributed by atoms with van der Waals surface area (Å²) in [4.78, 5) is 23.2. The lowest BCUT2D eigenvalue weighted by Crippen LogP contribution is -2.39. The van der Waals surface area contributed by atoms with Gasteiger partial charge in [-0.2, -0.15) is 0 Å². The number of benzene rings is 2. The van der Waals surface area contributed by atoms with E-state index in [4.69, 9.17) is 0 Å². The van der Waals surface area contributed by atoms with Gasteiger partial charge in [-0.1, -0.05) is 42.5 Å². The summed E-state index contributed by atoms with van der Waals surface area (Å²) in [6.45, 7) is 2.67. The minimum absolute atomic E-state index is 0.0997. The third-order valence-electron chi connectivity index (χ3n) is 5.31. The first kappa shape index (κ1) is 17.5. The fourth-order valence-electron chi connectivity index (χ4n) is 3.76. The average Bonchev–Trinajstić information content (AvgIpc) is 2.74. The van der Waals surface area contributed by atoms with Gasteiger partial charge in [-0.05, 0) is 35.1 Å². The molecule has 2 aromatic carbocycles. The lowest BCUT2D eigenvalue weighted by molar-refractivity contribution is -0.120. The molecule has 0 radical (unpaired) electrons. The maximum Gasteiger partial charge on any atom is 0.224 e. The molecule has 0 bridgehead atoms. The highest BCUT2D eigenvalue weighted by molar-refractivity contribution is 5.90. The van der Waals surface area contributed by atoms with Crippen LogP contribution >= 0.6 is 0 Å². The molecular formula is C22H24N4O. The number of hydrogen-bond donors (Lipinski definition) is 1. The Balaban J connectivity index is 1.28. The van der Waals surface area contributed by atoms with Crippen molar-refractivity contribution in [1.82, 2.24) is 15.3 Å². The molecule has 4 rings (SSSR count). The summed E-state index contributed by atoms with van der Waals surface area (Å²) in [6, 6.07) is 14.4. The number of rotatable bonds is 5. The van der Waals surface area contributed by atoms with Crippen LogP contribution in [0, 0.1) is 5.92 Å². The molecule has 0 atom stereocenters. The number of carbonyl (C=O) groups excluding carboxylic acids is 1. The van der Waals surface area contributed by atoms with Gasteiger partial charge in [0.05, 0.1) is 12.6 Å². The third-order valence-corrected chi connectivity index (χ3v) is 5.31. The van der Waals surface area contributed by atoms with E-state index in [1.807, 2.05) is 30.5 Å². The number of fused-ring (bicyclic) bond motifs is 1. The largest absolute Gasteiger partial charge is 0.356 e. The zero-order valence-corrected chi connectivity index (χ0v) is 15.3. The quantitative estimate of drug-likeness (QED) is 0.759. The Morgan fingerprint density at radius 2 is 1.89 bits per heavy atom. The fourth-order valence-corrected chi connectivity index (χ4v) is 3.76.